The monoisotopic (exact) mass is 261 g/mol. The molecule has 3 nitrogen and oxygen atoms in total. The minimum atomic E-state index is 0.578. The molecule has 0 amide bonds. The average molecular weight is 261 g/mol. The van der Waals surface area contributed by atoms with Crippen LogP contribution in [0.3, 0.4) is 0 Å². The Morgan fingerprint density at radius 1 is 1.33 bits per heavy atom. The van der Waals surface area contributed by atoms with Crippen molar-refractivity contribution in [2.45, 2.75) is 40.0 Å². The predicted molar refractivity (Wildman–Crippen MR) is 77.6 cm³/mol. The molecule has 1 aliphatic rings. The Balaban J connectivity index is 2.18. The fourth-order valence-corrected chi connectivity index (χ4v) is 3.45. The van der Waals surface area contributed by atoms with Gasteiger partial charge in [0.05, 0.1) is 5.39 Å². The summed E-state index contributed by atoms with van der Waals surface area (Å²) in [4.78, 5) is 12.0. The van der Waals surface area contributed by atoms with Crippen molar-refractivity contribution in [3.63, 3.8) is 0 Å². The standard InChI is InChI=1S/C14H19N3S/c1-5-15-13-11-8(3)9(4)18-14(11)17-12(16-13)10-6-7(10)2/h7,10H,5-6H2,1-4H3,(H,15,16,17). The van der Waals surface area contributed by atoms with Gasteiger partial charge >= 0.3 is 0 Å². The molecule has 4 heteroatoms. The summed E-state index contributed by atoms with van der Waals surface area (Å²) in [5.74, 6) is 3.39. The zero-order chi connectivity index (χ0) is 12.9. The van der Waals surface area contributed by atoms with Crippen molar-refractivity contribution < 1.29 is 0 Å². The van der Waals surface area contributed by atoms with E-state index in [1.807, 2.05) is 0 Å². The Hall–Kier alpha value is -1.16. The highest BCUT2D eigenvalue weighted by atomic mass is 32.1. The van der Waals surface area contributed by atoms with Gasteiger partial charge in [0.2, 0.25) is 0 Å². The summed E-state index contributed by atoms with van der Waals surface area (Å²) in [7, 11) is 0. The fourth-order valence-electron chi connectivity index (χ4n) is 2.41. The lowest BCUT2D eigenvalue weighted by molar-refractivity contribution is 0.853. The van der Waals surface area contributed by atoms with Crippen LogP contribution >= 0.6 is 11.3 Å². The van der Waals surface area contributed by atoms with Gasteiger partial charge in [-0.2, -0.15) is 0 Å². The maximum absolute atomic E-state index is 4.78. The number of rotatable bonds is 3. The van der Waals surface area contributed by atoms with Crippen molar-refractivity contribution in [3.05, 3.63) is 16.3 Å². The molecule has 18 heavy (non-hydrogen) atoms. The first kappa shape index (κ1) is 11.9. The van der Waals surface area contributed by atoms with E-state index in [0.717, 1.165) is 28.9 Å². The smallest absolute Gasteiger partial charge is 0.138 e. The first-order valence-electron chi connectivity index (χ1n) is 6.63. The van der Waals surface area contributed by atoms with E-state index in [-0.39, 0.29) is 0 Å². The highest BCUT2D eigenvalue weighted by Crippen LogP contribution is 2.46. The molecule has 96 valence electrons. The second-order valence-electron chi connectivity index (χ2n) is 5.24. The first-order chi connectivity index (χ1) is 8.61. The molecule has 0 saturated heterocycles. The van der Waals surface area contributed by atoms with Crippen LogP contribution in [0.25, 0.3) is 10.2 Å². The highest BCUT2D eigenvalue weighted by Gasteiger charge is 2.37. The summed E-state index contributed by atoms with van der Waals surface area (Å²) in [6.45, 7) is 9.62. The number of nitrogens with one attached hydrogen (secondary N) is 1. The zero-order valence-corrected chi connectivity index (χ0v) is 12.2. The minimum Gasteiger partial charge on any atom is -0.370 e. The van der Waals surface area contributed by atoms with Crippen LogP contribution in [0.1, 0.15) is 42.5 Å². The molecule has 0 radical (unpaired) electrons. The number of fused-ring (bicyclic) bond motifs is 1. The van der Waals surface area contributed by atoms with Gasteiger partial charge in [0.15, 0.2) is 0 Å². The Labute approximate surface area is 112 Å². The fraction of sp³-hybridized carbons (Fsp3) is 0.571. The largest absolute Gasteiger partial charge is 0.370 e. The van der Waals surface area contributed by atoms with Gasteiger partial charge in [0.25, 0.3) is 0 Å². The first-order valence-corrected chi connectivity index (χ1v) is 7.45. The molecule has 0 aromatic carbocycles. The number of aryl methyl sites for hydroxylation is 2. The van der Waals surface area contributed by atoms with Gasteiger partial charge in [-0.1, -0.05) is 6.92 Å². The molecule has 1 saturated carbocycles. The topological polar surface area (TPSA) is 37.8 Å². The van der Waals surface area contributed by atoms with Crippen molar-refractivity contribution in [2.75, 3.05) is 11.9 Å². The number of aromatic nitrogens is 2. The summed E-state index contributed by atoms with van der Waals surface area (Å²) in [6.07, 6.45) is 1.24. The molecule has 2 aromatic heterocycles. The van der Waals surface area contributed by atoms with Gasteiger partial charge in [-0.05, 0) is 38.7 Å². The number of hydrogen-bond acceptors (Lipinski definition) is 4. The van der Waals surface area contributed by atoms with E-state index in [9.17, 15) is 0 Å². The lowest BCUT2D eigenvalue weighted by atomic mass is 10.2. The van der Waals surface area contributed by atoms with Crippen LogP contribution in [0.2, 0.25) is 0 Å². The van der Waals surface area contributed by atoms with Gasteiger partial charge < -0.3 is 5.32 Å². The molecule has 0 aliphatic heterocycles. The molecule has 3 rings (SSSR count). The third kappa shape index (κ3) is 1.79. The predicted octanol–water partition coefficient (Wildman–Crippen LogP) is 3.86. The number of hydrogen-bond donors (Lipinski definition) is 1. The van der Waals surface area contributed by atoms with Crippen molar-refractivity contribution >= 4 is 27.4 Å². The lowest BCUT2D eigenvalue weighted by Crippen LogP contribution is -2.04. The molecule has 1 fully saturated rings. The van der Waals surface area contributed by atoms with Crippen LogP contribution in [0, 0.1) is 19.8 Å². The Morgan fingerprint density at radius 3 is 2.67 bits per heavy atom. The molecule has 2 heterocycles. The van der Waals surface area contributed by atoms with E-state index in [2.05, 4.69) is 33.0 Å². The van der Waals surface area contributed by atoms with E-state index in [1.165, 1.54) is 22.2 Å². The van der Waals surface area contributed by atoms with Gasteiger partial charge in [0.1, 0.15) is 16.5 Å². The second-order valence-corrected chi connectivity index (χ2v) is 6.45. The third-order valence-corrected chi connectivity index (χ3v) is 4.93. The van der Waals surface area contributed by atoms with Gasteiger partial charge in [-0.15, -0.1) is 11.3 Å². The summed E-state index contributed by atoms with van der Waals surface area (Å²) >= 11 is 1.79. The van der Waals surface area contributed by atoms with E-state index in [1.54, 1.807) is 11.3 Å². The van der Waals surface area contributed by atoms with E-state index >= 15 is 0 Å². The van der Waals surface area contributed by atoms with E-state index < -0.39 is 0 Å². The summed E-state index contributed by atoms with van der Waals surface area (Å²) < 4.78 is 0. The summed E-state index contributed by atoms with van der Waals surface area (Å²) in [6, 6.07) is 0. The van der Waals surface area contributed by atoms with Crippen LogP contribution in [0.4, 0.5) is 5.82 Å². The SMILES string of the molecule is CCNc1nc(C2CC2C)nc2sc(C)c(C)c12. The van der Waals surface area contributed by atoms with Gasteiger partial charge in [0, 0.05) is 17.3 Å². The molecule has 0 spiro atoms. The normalized spacial score (nSPS) is 22.4. The van der Waals surface area contributed by atoms with Crippen molar-refractivity contribution in [1.29, 1.82) is 0 Å². The maximum atomic E-state index is 4.78. The lowest BCUT2D eigenvalue weighted by Gasteiger charge is -2.07. The molecule has 2 unspecified atom stereocenters. The van der Waals surface area contributed by atoms with Crippen LogP contribution in [-0.4, -0.2) is 16.5 Å². The van der Waals surface area contributed by atoms with Crippen molar-refractivity contribution in [3.8, 4) is 0 Å². The molecule has 1 N–H and O–H groups in total. The molecule has 0 bridgehead atoms. The van der Waals surface area contributed by atoms with Crippen LogP contribution in [0.5, 0.6) is 0 Å². The van der Waals surface area contributed by atoms with E-state index in [0.29, 0.717) is 5.92 Å². The maximum Gasteiger partial charge on any atom is 0.138 e. The Morgan fingerprint density at radius 2 is 2.06 bits per heavy atom. The average Bonchev–Trinajstić information content (AvgIpc) is 2.98. The van der Waals surface area contributed by atoms with E-state index in [4.69, 9.17) is 9.97 Å². The Kier molecular flexibility index (Phi) is 2.77. The summed E-state index contributed by atoms with van der Waals surface area (Å²) in [5.41, 5.74) is 1.32. The minimum absolute atomic E-state index is 0.578. The van der Waals surface area contributed by atoms with Gasteiger partial charge in [-0.3, -0.25) is 0 Å². The summed E-state index contributed by atoms with van der Waals surface area (Å²) in [5, 5.41) is 4.62. The zero-order valence-electron chi connectivity index (χ0n) is 11.4. The number of anilines is 1. The highest BCUT2D eigenvalue weighted by molar-refractivity contribution is 7.18. The third-order valence-electron chi connectivity index (χ3n) is 3.83. The van der Waals surface area contributed by atoms with Gasteiger partial charge in [-0.25, -0.2) is 9.97 Å². The number of thiophene rings is 1. The molecular weight excluding hydrogens is 242 g/mol. The molecule has 2 aromatic rings. The quantitative estimate of drug-likeness (QED) is 0.911. The van der Waals surface area contributed by atoms with Crippen molar-refractivity contribution in [1.82, 2.24) is 9.97 Å². The van der Waals surface area contributed by atoms with Crippen LogP contribution in [0.15, 0.2) is 0 Å². The van der Waals surface area contributed by atoms with Crippen LogP contribution < -0.4 is 5.32 Å². The second kappa shape index (κ2) is 4.19. The Bertz CT molecular complexity index is 603. The number of nitrogens with zero attached hydrogens (tertiary/aromatic N) is 2. The molecular formula is C14H19N3S. The van der Waals surface area contributed by atoms with Crippen molar-refractivity contribution in [2.24, 2.45) is 5.92 Å². The molecule has 1 aliphatic carbocycles. The van der Waals surface area contributed by atoms with Crippen LogP contribution in [-0.2, 0) is 0 Å². The molecule has 2 atom stereocenters.